The van der Waals surface area contributed by atoms with Gasteiger partial charge < -0.3 is 5.11 Å². The second kappa shape index (κ2) is 4.13. The third-order valence-electron chi connectivity index (χ3n) is 2.46. The Kier molecular flexibility index (Phi) is 2.61. The van der Waals surface area contributed by atoms with Gasteiger partial charge in [0, 0.05) is 10.0 Å². The van der Waals surface area contributed by atoms with Gasteiger partial charge >= 0.3 is 0 Å². The maximum absolute atomic E-state index is 9.42. The summed E-state index contributed by atoms with van der Waals surface area (Å²) in [6, 6.07) is 13.3. The van der Waals surface area contributed by atoms with E-state index in [1.54, 1.807) is 23.5 Å². The number of halogens is 1. The second-order valence-electron chi connectivity index (χ2n) is 3.68. The lowest BCUT2D eigenvalue weighted by Gasteiger charge is -1.94. The van der Waals surface area contributed by atoms with Gasteiger partial charge in [-0.25, -0.2) is 4.98 Å². The second-order valence-corrected chi connectivity index (χ2v) is 5.62. The molecule has 0 aliphatic rings. The fourth-order valence-corrected chi connectivity index (χ4v) is 2.90. The van der Waals surface area contributed by atoms with Gasteiger partial charge in [-0.05, 0) is 30.3 Å². The van der Waals surface area contributed by atoms with Crippen molar-refractivity contribution >= 4 is 37.5 Å². The number of thiazole rings is 1. The van der Waals surface area contributed by atoms with Crippen LogP contribution in [0.4, 0.5) is 0 Å². The molecule has 0 fully saturated rings. The Labute approximate surface area is 111 Å². The monoisotopic (exact) mass is 305 g/mol. The van der Waals surface area contributed by atoms with Crippen molar-refractivity contribution in [3.05, 3.63) is 46.9 Å². The Balaban J connectivity index is 2.14. The highest BCUT2D eigenvalue weighted by Crippen LogP contribution is 2.32. The lowest BCUT2D eigenvalue weighted by atomic mass is 10.2. The summed E-state index contributed by atoms with van der Waals surface area (Å²) in [6.07, 6.45) is 0. The van der Waals surface area contributed by atoms with E-state index in [2.05, 4.69) is 20.9 Å². The fraction of sp³-hybridized carbons (Fsp3) is 0. The van der Waals surface area contributed by atoms with Crippen LogP contribution >= 0.6 is 27.3 Å². The molecule has 0 bridgehead atoms. The number of nitrogens with zero attached hydrogens (tertiary/aromatic N) is 1. The quantitative estimate of drug-likeness (QED) is 0.721. The number of benzene rings is 2. The van der Waals surface area contributed by atoms with Crippen LogP contribution in [0, 0.1) is 0 Å². The first kappa shape index (κ1) is 10.7. The molecule has 0 aliphatic heterocycles. The minimum absolute atomic E-state index is 0.281. The smallest absolute Gasteiger partial charge is 0.124 e. The third kappa shape index (κ3) is 2.06. The summed E-state index contributed by atoms with van der Waals surface area (Å²) < 4.78 is 2.06. The van der Waals surface area contributed by atoms with Crippen LogP contribution in [0.2, 0.25) is 0 Å². The van der Waals surface area contributed by atoms with Gasteiger partial charge in [0.05, 0.1) is 10.2 Å². The maximum atomic E-state index is 9.42. The largest absolute Gasteiger partial charge is 0.508 e. The lowest BCUT2D eigenvalue weighted by Crippen LogP contribution is -1.74. The van der Waals surface area contributed by atoms with E-state index in [9.17, 15) is 5.11 Å². The van der Waals surface area contributed by atoms with Crippen LogP contribution in [0.3, 0.4) is 0 Å². The molecule has 3 aromatic rings. The summed E-state index contributed by atoms with van der Waals surface area (Å²) in [4.78, 5) is 4.55. The van der Waals surface area contributed by atoms with Crippen molar-refractivity contribution in [2.24, 2.45) is 0 Å². The van der Waals surface area contributed by atoms with Crippen LogP contribution in [0.25, 0.3) is 20.8 Å². The molecule has 1 heterocycles. The molecule has 1 aromatic heterocycles. The summed E-state index contributed by atoms with van der Waals surface area (Å²) in [5, 5.41) is 10.4. The molecule has 0 unspecified atom stereocenters. The Morgan fingerprint density at radius 2 is 1.82 bits per heavy atom. The van der Waals surface area contributed by atoms with Crippen molar-refractivity contribution < 1.29 is 5.11 Å². The molecule has 4 heteroatoms. The summed E-state index contributed by atoms with van der Waals surface area (Å²) in [5.41, 5.74) is 2.01. The molecule has 0 saturated heterocycles. The highest BCUT2D eigenvalue weighted by atomic mass is 79.9. The van der Waals surface area contributed by atoms with Crippen LogP contribution in [0.1, 0.15) is 0 Å². The van der Waals surface area contributed by atoms with E-state index >= 15 is 0 Å². The molecule has 2 nitrogen and oxygen atoms in total. The van der Waals surface area contributed by atoms with E-state index in [4.69, 9.17) is 0 Å². The number of rotatable bonds is 1. The Bertz CT molecular complexity index is 675. The molecule has 0 spiro atoms. The zero-order chi connectivity index (χ0) is 11.8. The molecular weight excluding hydrogens is 298 g/mol. The van der Waals surface area contributed by atoms with Gasteiger partial charge in [-0.3, -0.25) is 0 Å². The number of hydrogen-bond donors (Lipinski definition) is 1. The van der Waals surface area contributed by atoms with Crippen LogP contribution in [-0.4, -0.2) is 10.1 Å². The average Bonchev–Trinajstić information content (AvgIpc) is 2.72. The van der Waals surface area contributed by atoms with Crippen molar-refractivity contribution in [3.8, 4) is 16.3 Å². The first-order valence-electron chi connectivity index (χ1n) is 5.08. The van der Waals surface area contributed by atoms with Gasteiger partial charge in [0.15, 0.2) is 0 Å². The summed E-state index contributed by atoms with van der Waals surface area (Å²) in [5.74, 6) is 0.281. The van der Waals surface area contributed by atoms with Gasteiger partial charge in [0.2, 0.25) is 0 Å². The van der Waals surface area contributed by atoms with Crippen molar-refractivity contribution in [2.45, 2.75) is 0 Å². The first-order valence-corrected chi connectivity index (χ1v) is 6.69. The van der Waals surface area contributed by atoms with Crippen LogP contribution in [-0.2, 0) is 0 Å². The Hall–Kier alpha value is -1.39. The fourth-order valence-electron chi connectivity index (χ4n) is 1.63. The van der Waals surface area contributed by atoms with E-state index in [0.717, 1.165) is 25.3 Å². The predicted octanol–water partition coefficient (Wildman–Crippen LogP) is 4.43. The normalized spacial score (nSPS) is 10.9. The molecule has 17 heavy (non-hydrogen) atoms. The van der Waals surface area contributed by atoms with Crippen LogP contribution in [0.15, 0.2) is 46.9 Å². The number of fused-ring (bicyclic) bond motifs is 1. The molecule has 0 amide bonds. The molecule has 2 aromatic carbocycles. The van der Waals surface area contributed by atoms with Gasteiger partial charge in [0.1, 0.15) is 10.8 Å². The van der Waals surface area contributed by atoms with Crippen molar-refractivity contribution in [2.75, 3.05) is 0 Å². The minimum atomic E-state index is 0.281. The Morgan fingerprint density at radius 3 is 2.59 bits per heavy atom. The summed E-state index contributed by atoms with van der Waals surface area (Å²) in [7, 11) is 0. The van der Waals surface area contributed by atoms with Gasteiger partial charge in [0.25, 0.3) is 0 Å². The van der Waals surface area contributed by atoms with E-state index in [1.807, 2.05) is 30.3 Å². The highest BCUT2D eigenvalue weighted by molar-refractivity contribution is 9.10. The van der Waals surface area contributed by atoms with Gasteiger partial charge in [-0.1, -0.05) is 28.1 Å². The molecule has 84 valence electrons. The molecular formula is C13H8BrNOS. The third-order valence-corrected chi connectivity index (χ3v) is 4.06. The zero-order valence-corrected chi connectivity index (χ0v) is 11.1. The van der Waals surface area contributed by atoms with Crippen LogP contribution in [0.5, 0.6) is 5.75 Å². The standard InChI is InChI=1S/C13H8BrNOS/c14-9-3-1-8(2-4-9)13-15-11-6-5-10(16)7-12(11)17-13/h1-7,16H. The first-order chi connectivity index (χ1) is 8.22. The molecule has 0 atom stereocenters. The molecule has 3 rings (SSSR count). The molecule has 0 radical (unpaired) electrons. The van der Waals surface area contributed by atoms with E-state index in [1.165, 1.54) is 0 Å². The van der Waals surface area contributed by atoms with E-state index < -0.39 is 0 Å². The van der Waals surface area contributed by atoms with Crippen molar-refractivity contribution in [1.82, 2.24) is 4.98 Å². The number of hydrogen-bond acceptors (Lipinski definition) is 3. The van der Waals surface area contributed by atoms with Crippen molar-refractivity contribution in [3.63, 3.8) is 0 Å². The Morgan fingerprint density at radius 1 is 1.06 bits per heavy atom. The lowest BCUT2D eigenvalue weighted by molar-refractivity contribution is 0.476. The summed E-state index contributed by atoms with van der Waals surface area (Å²) in [6.45, 7) is 0. The SMILES string of the molecule is Oc1ccc2nc(-c3ccc(Br)cc3)sc2c1. The summed E-state index contributed by atoms with van der Waals surface area (Å²) >= 11 is 5.00. The van der Waals surface area contributed by atoms with Gasteiger partial charge in [-0.15, -0.1) is 11.3 Å². The molecule has 0 aliphatic carbocycles. The van der Waals surface area contributed by atoms with Crippen LogP contribution < -0.4 is 0 Å². The molecule has 1 N–H and O–H groups in total. The van der Waals surface area contributed by atoms with Gasteiger partial charge in [-0.2, -0.15) is 0 Å². The zero-order valence-electron chi connectivity index (χ0n) is 8.72. The number of phenols is 1. The topological polar surface area (TPSA) is 33.1 Å². The highest BCUT2D eigenvalue weighted by Gasteiger charge is 2.06. The van der Waals surface area contributed by atoms with E-state index in [-0.39, 0.29) is 5.75 Å². The predicted molar refractivity (Wildman–Crippen MR) is 74.4 cm³/mol. The number of aromatic nitrogens is 1. The maximum Gasteiger partial charge on any atom is 0.124 e. The average molecular weight is 306 g/mol. The number of phenolic OH excluding ortho intramolecular Hbond substituents is 1. The van der Waals surface area contributed by atoms with Crippen molar-refractivity contribution in [1.29, 1.82) is 0 Å². The molecule has 0 saturated carbocycles. The van der Waals surface area contributed by atoms with E-state index in [0.29, 0.717) is 0 Å². The number of aromatic hydroxyl groups is 1. The minimum Gasteiger partial charge on any atom is -0.508 e.